The third-order valence-electron chi connectivity index (χ3n) is 4.86. The van der Waals surface area contributed by atoms with Gasteiger partial charge in [0.1, 0.15) is 29.4 Å². The van der Waals surface area contributed by atoms with Gasteiger partial charge in [0.15, 0.2) is 11.5 Å². The van der Waals surface area contributed by atoms with Crippen molar-refractivity contribution in [2.24, 2.45) is 0 Å². The van der Waals surface area contributed by atoms with E-state index in [1.54, 1.807) is 42.0 Å². The monoisotopic (exact) mass is 449 g/mol. The molecule has 0 saturated carbocycles. The molecule has 0 atom stereocenters. The Hall–Kier alpha value is -4.34. The summed E-state index contributed by atoms with van der Waals surface area (Å²) in [7, 11) is 4.61. The smallest absolute Gasteiger partial charge is 0.258 e. The second kappa shape index (κ2) is 9.86. The maximum absolute atomic E-state index is 12.6. The Morgan fingerprint density at radius 2 is 1.70 bits per heavy atom. The highest BCUT2D eigenvalue weighted by Gasteiger charge is 2.18. The van der Waals surface area contributed by atoms with Crippen molar-refractivity contribution in [1.29, 1.82) is 0 Å². The van der Waals surface area contributed by atoms with Crippen molar-refractivity contribution >= 4 is 11.6 Å². The van der Waals surface area contributed by atoms with Gasteiger partial charge in [0, 0.05) is 11.6 Å². The number of nitrogens with one attached hydrogen (secondary N) is 1. The molecule has 0 aliphatic heterocycles. The first kappa shape index (κ1) is 21.9. The number of nitrogens with zero attached hydrogens (tertiary/aromatic N) is 4. The highest BCUT2D eigenvalue weighted by atomic mass is 16.5. The molecule has 0 aliphatic rings. The Kier molecular flexibility index (Phi) is 6.53. The van der Waals surface area contributed by atoms with Crippen molar-refractivity contribution in [2.75, 3.05) is 34.5 Å². The zero-order chi connectivity index (χ0) is 23.2. The van der Waals surface area contributed by atoms with Gasteiger partial charge in [0.25, 0.3) is 5.91 Å². The van der Waals surface area contributed by atoms with E-state index >= 15 is 0 Å². The summed E-state index contributed by atoms with van der Waals surface area (Å²) in [6, 6.07) is 16.1. The van der Waals surface area contributed by atoms with Crippen LogP contribution in [0.1, 0.15) is 10.4 Å². The number of carbonyl (C=O) groups is 1. The first-order valence-corrected chi connectivity index (χ1v) is 10.1. The molecule has 170 valence electrons. The normalized spacial score (nSPS) is 10.6. The van der Waals surface area contributed by atoms with Crippen LogP contribution in [0.3, 0.4) is 0 Å². The predicted octanol–water partition coefficient (Wildman–Crippen LogP) is 2.63. The van der Waals surface area contributed by atoms with E-state index < -0.39 is 0 Å². The Morgan fingerprint density at radius 3 is 2.42 bits per heavy atom. The lowest BCUT2D eigenvalue weighted by Crippen LogP contribution is -2.29. The van der Waals surface area contributed by atoms with Gasteiger partial charge in [-0.2, -0.15) is 4.52 Å². The fourth-order valence-electron chi connectivity index (χ4n) is 3.27. The van der Waals surface area contributed by atoms with Gasteiger partial charge in [0.2, 0.25) is 5.88 Å². The van der Waals surface area contributed by atoms with E-state index in [9.17, 15) is 4.79 Å². The van der Waals surface area contributed by atoms with E-state index in [1.807, 2.05) is 24.3 Å². The average Bonchev–Trinajstić information content (AvgIpc) is 3.29. The standard InChI is InChI=1S/C23H23N5O5/c1-30-16-7-4-6-15(14-16)22-26-25-19-10-11-20(27-28(19)22)33-13-12-24-23(29)21-17(31-2)8-5-9-18(21)32-3/h4-11,14H,12-13H2,1-3H3,(H,24,29). The molecule has 0 radical (unpaired) electrons. The number of hydrogen-bond acceptors (Lipinski definition) is 8. The third kappa shape index (κ3) is 4.64. The molecule has 1 N–H and O–H groups in total. The van der Waals surface area contributed by atoms with Crippen LogP contribution in [0.4, 0.5) is 0 Å². The molecule has 0 bridgehead atoms. The molecule has 0 unspecified atom stereocenters. The number of fused-ring (bicyclic) bond motifs is 1. The van der Waals surface area contributed by atoms with Crippen molar-refractivity contribution in [3.05, 3.63) is 60.2 Å². The lowest BCUT2D eigenvalue weighted by atomic mass is 10.1. The molecule has 10 heteroatoms. The Balaban J connectivity index is 1.43. The molecule has 1 amide bonds. The molecule has 0 fully saturated rings. The van der Waals surface area contributed by atoms with Gasteiger partial charge < -0.3 is 24.3 Å². The summed E-state index contributed by atoms with van der Waals surface area (Å²) >= 11 is 0. The molecule has 2 heterocycles. The van der Waals surface area contributed by atoms with Gasteiger partial charge in [0.05, 0.1) is 27.9 Å². The lowest BCUT2D eigenvalue weighted by molar-refractivity contribution is 0.0940. The number of rotatable bonds is 9. The van der Waals surface area contributed by atoms with Crippen LogP contribution in [0.5, 0.6) is 23.1 Å². The van der Waals surface area contributed by atoms with E-state index in [-0.39, 0.29) is 19.1 Å². The SMILES string of the molecule is COc1cccc(-c2nnc3ccc(OCCNC(=O)c4c(OC)cccc4OC)nn23)c1. The van der Waals surface area contributed by atoms with E-state index in [1.165, 1.54) is 14.2 Å². The molecule has 10 nitrogen and oxygen atoms in total. The fraction of sp³-hybridized carbons (Fsp3) is 0.217. The minimum absolute atomic E-state index is 0.207. The number of ether oxygens (including phenoxy) is 4. The Morgan fingerprint density at radius 1 is 0.939 bits per heavy atom. The minimum atomic E-state index is -0.324. The van der Waals surface area contributed by atoms with Crippen molar-refractivity contribution in [3.8, 4) is 34.5 Å². The molecule has 0 aliphatic carbocycles. The summed E-state index contributed by atoms with van der Waals surface area (Å²) in [4.78, 5) is 12.6. The number of amides is 1. The van der Waals surface area contributed by atoms with Crippen molar-refractivity contribution in [2.45, 2.75) is 0 Å². The largest absolute Gasteiger partial charge is 0.497 e. The van der Waals surface area contributed by atoms with Crippen molar-refractivity contribution < 1.29 is 23.7 Å². The first-order chi connectivity index (χ1) is 16.1. The summed E-state index contributed by atoms with van der Waals surface area (Å²) in [5, 5.41) is 15.7. The third-order valence-corrected chi connectivity index (χ3v) is 4.86. The van der Waals surface area contributed by atoms with Crippen LogP contribution in [-0.4, -0.2) is 60.2 Å². The van der Waals surface area contributed by atoms with Gasteiger partial charge in [-0.1, -0.05) is 18.2 Å². The minimum Gasteiger partial charge on any atom is -0.497 e. The second-order valence-electron chi connectivity index (χ2n) is 6.84. The maximum Gasteiger partial charge on any atom is 0.258 e. The van der Waals surface area contributed by atoms with Crippen LogP contribution in [0.15, 0.2) is 54.6 Å². The average molecular weight is 449 g/mol. The van der Waals surface area contributed by atoms with Crippen LogP contribution in [0.2, 0.25) is 0 Å². The summed E-state index contributed by atoms with van der Waals surface area (Å²) in [5.74, 6) is 2.17. The lowest BCUT2D eigenvalue weighted by Gasteiger charge is -2.13. The number of benzene rings is 2. The van der Waals surface area contributed by atoms with Gasteiger partial charge in [-0.25, -0.2) is 0 Å². The van der Waals surface area contributed by atoms with Crippen LogP contribution in [0.25, 0.3) is 17.0 Å². The number of hydrogen-bond donors (Lipinski definition) is 1. The number of carbonyl (C=O) groups excluding carboxylic acids is 1. The highest BCUT2D eigenvalue weighted by molar-refractivity contribution is 5.99. The quantitative estimate of drug-likeness (QED) is 0.389. The maximum atomic E-state index is 12.6. The molecule has 4 aromatic rings. The molecule has 4 rings (SSSR count). The first-order valence-electron chi connectivity index (χ1n) is 10.1. The Bertz CT molecular complexity index is 1250. The van der Waals surface area contributed by atoms with Gasteiger partial charge in [-0.15, -0.1) is 15.3 Å². The van der Waals surface area contributed by atoms with E-state index in [0.717, 1.165) is 5.56 Å². The summed E-state index contributed by atoms with van der Waals surface area (Å²) in [5.41, 5.74) is 1.72. The zero-order valence-corrected chi connectivity index (χ0v) is 18.4. The van der Waals surface area contributed by atoms with E-state index in [2.05, 4.69) is 20.6 Å². The Labute approximate surface area is 190 Å². The van der Waals surface area contributed by atoms with Gasteiger partial charge in [-0.05, 0) is 30.3 Å². The number of aromatic nitrogens is 4. The summed E-state index contributed by atoms with van der Waals surface area (Å²) < 4.78 is 23.2. The topological polar surface area (TPSA) is 109 Å². The van der Waals surface area contributed by atoms with Crippen LogP contribution in [0, 0.1) is 0 Å². The second-order valence-corrected chi connectivity index (χ2v) is 6.84. The van der Waals surface area contributed by atoms with Gasteiger partial charge >= 0.3 is 0 Å². The predicted molar refractivity (Wildman–Crippen MR) is 120 cm³/mol. The molecule has 33 heavy (non-hydrogen) atoms. The summed E-state index contributed by atoms with van der Waals surface area (Å²) in [6.07, 6.45) is 0. The fourth-order valence-corrected chi connectivity index (χ4v) is 3.27. The molecule has 2 aromatic carbocycles. The van der Waals surface area contributed by atoms with Crippen LogP contribution in [-0.2, 0) is 0 Å². The molecular weight excluding hydrogens is 426 g/mol. The molecule has 0 spiro atoms. The zero-order valence-electron chi connectivity index (χ0n) is 18.4. The number of methoxy groups -OCH3 is 3. The highest BCUT2D eigenvalue weighted by Crippen LogP contribution is 2.28. The van der Waals surface area contributed by atoms with Crippen molar-refractivity contribution in [3.63, 3.8) is 0 Å². The van der Waals surface area contributed by atoms with Crippen molar-refractivity contribution in [1.82, 2.24) is 25.1 Å². The van der Waals surface area contributed by atoms with E-state index in [0.29, 0.717) is 40.2 Å². The van der Waals surface area contributed by atoms with Crippen LogP contribution < -0.4 is 24.3 Å². The molecule has 2 aromatic heterocycles. The molecular formula is C23H23N5O5. The van der Waals surface area contributed by atoms with Gasteiger partial charge in [-0.3, -0.25) is 4.79 Å². The van der Waals surface area contributed by atoms with E-state index in [4.69, 9.17) is 18.9 Å². The van der Waals surface area contributed by atoms with Crippen LogP contribution >= 0.6 is 0 Å². The summed E-state index contributed by atoms with van der Waals surface area (Å²) in [6.45, 7) is 0.461. The molecule has 0 saturated heterocycles.